The van der Waals surface area contributed by atoms with Gasteiger partial charge in [0.1, 0.15) is 0 Å². The smallest absolute Gasteiger partial charge is 0.393 e. The average molecular weight is 213 g/mol. The van der Waals surface area contributed by atoms with Gasteiger partial charge in [0.05, 0.1) is 6.61 Å². The standard InChI is InChI=1S/C8H14F3NO2/c1-12-3-2-6(4-12)7(14,5-13)8(9,10)11/h6,13-14H,2-5H2,1H3. The molecule has 1 fully saturated rings. The zero-order valence-electron chi connectivity index (χ0n) is 7.88. The number of nitrogens with zero attached hydrogens (tertiary/aromatic N) is 1. The van der Waals surface area contributed by atoms with E-state index in [-0.39, 0.29) is 13.0 Å². The Morgan fingerprint density at radius 1 is 1.43 bits per heavy atom. The van der Waals surface area contributed by atoms with E-state index in [1.54, 1.807) is 11.9 Å². The quantitative estimate of drug-likeness (QED) is 0.689. The summed E-state index contributed by atoms with van der Waals surface area (Å²) in [5, 5.41) is 18.1. The van der Waals surface area contributed by atoms with Gasteiger partial charge in [0.15, 0.2) is 5.60 Å². The number of alkyl halides is 3. The number of halogens is 3. The molecular weight excluding hydrogens is 199 g/mol. The maximum absolute atomic E-state index is 12.5. The molecule has 0 spiro atoms. The lowest BCUT2D eigenvalue weighted by atomic mass is 9.86. The normalized spacial score (nSPS) is 29.1. The second-order valence-electron chi connectivity index (χ2n) is 3.83. The molecule has 0 aromatic rings. The lowest BCUT2D eigenvalue weighted by Gasteiger charge is -2.33. The molecule has 1 aliphatic heterocycles. The van der Waals surface area contributed by atoms with E-state index in [9.17, 15) is 18.3 Å². The summed E-state index contributed by atoms with van der Waals surface area (Å²) in [5.74, 6) is -0.933. The predicted molar refractivity (Wildman–Crippen MR) is 43.7 cm³/mol. The van der Waals surface area contributed by atoms with Crippen molar-refractivity contribution in [3.63, 3.8) is 0 Å². The van der Waals surface area contributed by atoms with Gasteiger partial charge in [-0.15, -0.1) is 0 Å². The van der Waals surface area contributed by atoms with Crippen molar-refractivity contribution in [3.05, 3.63) is 0 Å². The molecule has 3 nitrogen and oxygen atoms in total. The van der Waals surface area contributed by atoms with Crippen molar-refractivity contribution in [2.75, 3.05) is 26.7 Å². The molecule has 1 heterocycles. The van der Waals surface area contributed by atoms with Crippen LogP contribution in [0.5, 0.6) is 0 Å². The van der Waals surface area contributed by atoms with Crippen molar-refractivity contribution in [1.29, 1.82) is 0 Å². The first-order chi connectivity index (χ1) is 6.31. The van der Waals surface area contributed by atoms with Gasteiger partial charge in [0, 0.05) is 12.5 Å². The molecule has 2 unspecified atom stereocenters. The van der Waals surface area contributed by atoms with Gasteiger partial charge in [0.2, 0.25) is 0 Å². The third-order valence-corrected chi connectivity index (χ3v) is 2.80. The first-order valence-corrected chi connectivity index (χ1v) is 4.40. The van der Waals surface area contributed by atoms with Gasteiger partial charge in [-0.3, -0.25) is 0 Å². The fourth-order valence-corrected chi connectivity index (χ4v) is 1.78. The molecule has 2 N–H and O–H groups in total. The number of hydrogen-bond acceptors (Lipinski definition) is 3. The molecular formula is C8H14F3NO2. The Morgan fingerprint density at radius 2 is 2.00 bits per heavy atom. The van der Waals surface area contributed by atoms with Crippen LogP contribution in [0.1, 0.15) is 6.42 Å². The molecule has 0 aromatic carbocycles. The maximum Gasteiger partial charge on any atom is 0.419 e. The fourth-order valence-electron chi connectivity index (χ4n) is 1.78. The van der Waals surface area contributed by atoms with E-state index in [2.05, 4.69) is 0 Å². The third-order valence-electron chi connectivity index (χ3n) is 2.80. The number of aliphatic hydroxyl groups is 2. The van der Waals surface area contributed by atoms with Gasteiger partial charge < -0.3 is 15.1 Å². The topological polar surface area (TPSA) is 43.7 Å². The molecule has 0 aliphatic carbocycles. The minimum Gasteiger partial charge on any atom is -0.393 e. The Bertz CT molecular complexity index is 209. The minimum absolute atomic E-state index is 0.163. The van der Waals surface area contributed by atoms with Crippen LogP contribution in [0.3, 0.4) is 0 Å². The largest absolute Gasteiger partial charge is 0.419 e. The molecule has 0 bridgehead atoms. The number of rotatable bonds is 2. The van der Waals surface area contributed by atoms with E-state index in [0.29, 0.717) is 6.54 Å². The second kappa shape index (κ2) is 3.67. The second-order valence-corrected chi connectivity index (χ2v) is 3.83. The van der Waals surface area contributed by atoms with Crippen molar-refractivity contribution in [2.45, 2.75) is 18.2 Å². The molecule has 2 atom stereocenters. The molecule has 0 radical (unpaired) electrons. The lowest BCUT2D eigenvalue weighted by Crippen LogP contribution is -2.55. The molecule has 6 heteroatoms. The Morgan fingerprint density at radius 3 is 2.29 bits per heavy atom. The van der Waals surface area contributed by atoms with Gasteiger partial charge in [-0.1, -0.05) is 0 Å². The summed E-state index contributed by atoms with van der Waals surface area (Å²) in [6.45, 7) is -0.589. The number of hydrogen-bond donors (Lipinski definition) is 2. The summed E-state index contributed by atoms with van der Waals surface area (Å²) in [6, 6.07) is 0. The summed E-state index contributed by atoms with van der Waals surface area (Å²) in [7, 11) is 1.69. The Kier molecular flexibility index (Phi) is 3.08. The zero-order valence-corrected chi connectivity index (χ0v) is 7.88. The zero-order chi connectivity index (χ0) is 11.0. The van der Waals surface area contributed by atoms with Crippen molar-refractivity contribution in [1.82, 2.24) is 4.90 Å². The van der Waals surface area contributed by atoms with Crippen LogP contribution in [-0.4, -0.2) is 53.6 Å². The van der Waals surface area contributed by atoms with Crippen molar-refractivity contribution in [3.8, 4) is 0 Å². The average Bonchev–Trinajstić information content (AvgIpc) is 2.48. The van der Waals surface area contributed by atoms with E-state index in [1.165, 1.54) is 0 Å². The first kappa shape index (κ1) is 11.7. The van der Waals surface area contributed by atoms with E-state index >= 15 is 0 Å². The minimum atomic E-state index is -4.77. The Labute approximate surface area is 80.1 Å². The van der Waals surface area contributed by atoms with Gasteiger partial charge >= 0.3 is 6.18 Å². The van der Waals surface area contributed by atoms with Crippen LogP contribution in [0, 0.1) is 5.92 Å². The summed E-state index contributed by atoms with van der Waals surface area (Å²) < 4.78 is 37.4. The molecule has 1 aliphatic rings. The molecule has 0 aromatic heterocycles. The van der Waals surface area contributed by atoms with Crippen molar-refractivity contribution < 1.29 is 23.4 Å². The third kappa shape index (κ3) is 1.87. The Hall–Kier alpha value is -0.330. The van der Waals surface area contributed by atoms with Crippen LogP contribution >= 0.6 is 0 Å². The van der Waals surface area contributed by atoms with Crippen LogP contribution in [0.2, 0.25) is 0 Å². The number of likely N-dealkylation sites (tertiary alicyclic amines) is 1. The summed E-state index contributed by atoms with van der Waals surface area (Å²) in [4.78, 5) is 1.71. The monoisotopic (exact) mass is 213 g/mol. The van der Waals surface area contributed by atoms with Crippen molar-refractivity contribution in [2.24, 2.45) is 5.92 Å². The summed E-state index contributed by atoms with van der Waals surface area (Å²) in [6.07, 6.45) is -4.51. The van der Waals surface area contributed by atoms with E-state index in [0.717, 1.165) is 0 Å². The molecule has 14 heavy (non-hydrogen) atoms. The van der Waals surface area contributed by atoms with E-state index < -0.39 is 24.3 Å². The van der Waals surface area contributed by atoms with E-state index in [1.807, 2.05) is 0 Å². The highest BCUT2D eigenvalue weighted by Crippen LogP contribution is 2.39. The molecule has 0 amide bonds. The fraction of sp³-hybridized carbons (Fsp3) is 1.00. The van der Waals surface area contributed by atoms with Crippen LogP contribution in [0.4, 0.5) is 13.2 Å². The van der Waals surface area contributed by atoms with Crippen LogP contribution in [0.15, 0.2) is 0 Å². The number of aliphatic hydroxyl groups excluding tert-OH is 1. The maximum atomic E-state index is 12.5. The Balaban J connectivity index is 2.80. The highest BCUT2D eigenvalue weighted by molar-refractivity contribution is 4.96. The highest BCUT2D eigenvalue weighted by Gasteiger charge is 2.58. The SMILES string of the molecule is CN1CCC(C(O)(CO)C(F)(F)F)C1. The summed E-state index contributed by atoms with van der Waals surface area (Å²) in [5.41, 5.74) is -2.95. The molecule has 0 saturated carbocycles. The highest BCUT2D eigenvalue weighted by atomic mass is 19.4. The van der Waals surface area contributed by atoms with Crippen molar-refractivity contribution >= 4 is 0 Å². The van der Waals surface area contributed by atoms with Crippen LogP contribution in [0.25, 0.3) is 0 Å². The molecule has 1 rings (SSSR count). The molecule has 84 valence electrons. The van der Waals surface area contributed by atoms with E-state index in [4.69, 9.17) is 5.11 Å². The summed E-state index contributed by atoms with van der Waals surface area (Å²) >= 11 is 0. The predicted octanol–water partition coefficient (Wildman–Crippen LogP) is 0.224. The van der Waals surface area contributed by atoms with Gasteiger partial charge in [-0.2, -0.15) is 13.2 Å². The van der Waals surface area contributed by atoms with Crippen LogP contribution < -0.4 is 0 Å². The molecule has 1 saturated heterocycles. The van der Waals surface area contributed by atoms with Gasteiger partial charge in [-0.25, -0.2) is 0 Å². The van der Waals surface area contributed by atoms with Crippen LogP contribution in [-0.2, 0) is 0 Å². The van der Waals surface area contributed by atoms with Gasteiger partial charge in [0.25, 0.3) is 0 Å². The first-order valence-electron chi connectivity index (χ1n) is 4.40. The lowest BCUT2D eigenvalue weighted by molar-refractivity contribution is -0.288. The van der Waals surface area contributed by atoms with Gasteiger partial charge in [-0.05, 0) is 20.0 Å².